The summed E-state index contributed by atoms with van der Waals surface area (Å²) in [4.78, 5) is 23.1. The molecule has 0 saturated carbocycles. The first-order valence-electron chi connectivity index (χ1n) is 6.87. The van der Waals surface area contributed by atoms with Crippen LogP contribution < -0.4 is 5.32 Å². The monoisotopic (exact) mass is 377 g/mol. The van der Waals surface area contributed by atoms with E-state index in [2.05, 4.69) is 14.6 Å². The topological polar surface area (TPSA) is 100 Å². The summed E-state index contributed by atoms with van der Waals surface area (Å²) in [7, 11) is -3.35. The molecule has 0 unspecified atom stereocenters. The number of carbonyl (C=O) groups excluding carboxylic acids is 2. The van der Waals surface area contributed by atoms with Gasteiger partial charge in [0.1, 0.15) is 0 Å². The van der Waals surface area contributed by atoms with Crippen molar-refractivity contribution in [3.8, 4) is 0 Å². The molecule has 1 aliphatic heterocycles. The lowest BCUT2D eigenvalue weighted by atomic mass is 9.87. The van der Waals surface area contributed by atoms with Crippen LogP contribution in [0.2, 0.25) is 0 Å². The van der Waals surface area contributed by atoms with E-state index in [-0.39, 0.29) is 19.6 Å². The second-order valence-electron chi connectivity index (χ2n) is 5.70. The number of hydrogen-bond donors (Lipinski definition) is 1. The molecule has 8 nitrogen and oxygen atoms in total. The van der Waals surface area contributed by atoms with Crippen molar-refractivity contribution >= 4 is 19.7 Å². The number of halogens is 3. The number of esters is 1. The van der Waals surface area contributed by atoms with E-state index in [0.717, 1.165) is 0 Å². The van der Waals surface area contributed by atoms with Gasteiger partial charge in [0.05, 0.1) is 20.1 Å². The maximum absolute atomic E-state index is 12.2. The van der Waals surface area contributed by atoms with Crippen LogP contribution in [-0.4, -0.2) is 51.0 Å². The zero-order chi connectivity index (χ0) is 18.6. The van der Waals surface area contributed by atoms with Crippen molar-refractivity contribution < 1.29 is 45.6 Å². The van der Waals surface area contributed by atoms with Gasteiger partial charge in [0.15, 0.2) is 12.7 Å². The summed E-state index contributed by atoms with van der Waals surface area (Å²) in [6, 6.07) is 0. The summed E-state index contributed by atoms with van der Waals surface area (Å²) in [6.07, 6.45) is -6.20. The van der Waals surface area contributed by atoms with Crippen molar-refractivity contribution in [3.05, 3.63) is 0 Å². The molecule has 1 aliphatic rings. The summed E-state index contributed by atoms with van der Waals surface area (Å²) < 4.78 is 66.9. The Morgan fingerprint density at radius 1 is 1.38 bits per heavy atom. The van der Waals surface area contributed by atoms with Gasteiger partial charge in [0.2, 0.25) is 5.91 Å². The van der Waals surface area contributed by atoms with Gasteiger partial charge in [-0.3, -0.25) is 23.2 Å². The van der Waals surface area contributed by atoms with Crippen LogP contribution in [0.4, 0.5) is 13.2 Å². The summed E-state index contributed by atoms with van der Waals surface area (Å²) >= 11 is 0. The lowest BCUT2D eigenvalue weighted by Crippen LogP contribution is -2.50. The Morgan fingerprint density at radius 2 is 2.00 bits per heavy atom. The molecule has 12 heteroatoms. The summed E-state index contributed by atoms with van der Waals surface area (Å²) in [5, 5.41) is 2.36. The van der Waals surface area contributed by atoms with Crippen LogP contribution in [0, 0.1) is 5.41 Å². The Hall–Kier alpha value is -1.16. The zero-order valence-corrected chi connectivity index (χ0v) is 14.2. The predicted octanol–water partition coefficient (Wildman–Crippen LogP) is 1.79. The number of alkyl halides is 3. The van der Waals surface area contributed by atoms with Crippen LogP contribution in [0.5, 0.6) is 0 Å². The van der Waals surface area contributed by atoms with Crippen LogP contribution in [0.15, 0.2) is 0 Å². The first-order valence-corrected chi connectivity index (χ1v) is 8.33. The SMILES string of the molecule is COC(=O)CCNC(=O)[C@@H]1O[P@@](=O)(OCC(F)(F)F)OCC1(C)C. The fourth-order valence-electron chi connectivity index (χ4n) is 1.73. The normalized spacial score (nSPS) is 26.7. The second kappa shape index (κ2) is 7.81. The minimum Gasteiger partial charge on any atom is -0.469 e. The lowest BCUT2D eigenvalue weighted by Gasteiger charge is -2.39. The number of nitrogens with one attached hydrogen (secondary N) is 1. The zero-order valence-electron chi connectivity index (χ0n) is 13.3. The van der Waals surface area contributed by atoms with Crippen molar-refractivity contribution in [1.82, 2.24) is 5.32 Å². The molecule has 1 N–H and O–H groups in total. The largest absolute Gasteiger partial charge is 0.475 e. The predicted molar refractivity (Wildman–Crippen MR) is 73.9 cm³/mol. The minimum atomic E-state index is -4.73. The van der Waals surface area contributed by atoms with Crippen LogP contribution >= 0.6 is 7.82 Å². The van der Waals surface area contributed by atoms with Crippen molar-refractivity contribution in [2.45, 2.75) is 32.5 Å². The molecule has 0 aromatic carbocycles. The number of hydrogen-bond acceptors (Lipinski definition) is 7. The summed E-state index contributed by atoms with van der Waals surface area (Å²) in [5.74, 6) is -1.30. The van der Waals surface area contributed by atoms with Gasteiger partial charge >= 0.3 is 20.0 Å². The van der Waals surface area contributed by atoms with Crippen molar-refractivity contribution in [2.75, 3.05) is 26.9 Å². The third-order valence-corrected chi connectivity index (χ3v) is 4.38. The lowest BCUT2D eigenvalue weighted by molar-refractivity contribution is -0.166. The Kier molecular flexibility index (Phi) is 6.80. The van der Waals surface area contributed by atoms with Gasteiger partial charge in [-0.2, -0.15) is 13.2 Å². The molecule has 24 heavy (non-hydrogen) atoms. The fourth-order valence-corrected chi connectivity index (χ4v) is 3.36. The van der Waals surface area contributed by atoms with E-state index in [1.165, 1.54) is 7.11 Å². The number of phosphoric ester groups is 1. The van der Waals surface area contributed by atoms with Gasteiger partial charge < -0.3 is 10.1 Å². The Morgan fingerprint density at radius 3 is 2.54 bits per heavy atom. The number of methoxy groups -OCH3 is 1. The highest BCUT2D eigenvalue weighted by Crippen LogP contribution is 2.57. The van der Waals surface area contributed by atoms with Crippen LogP contribution in [0.25, 0.3) is 0 Å². The Balaban J connectivity index is 2.70. The highest BCUT2D eigenvalue weighted by atomic mass is 31.2. The highest BCUT2D eigenvalue weighted by molar-refractivity contribution is 7.48. The fraction of sp³-hybridized carbons (Fsp3) is 0.833. The van der Waals surface area contributed by atoms with Crippen molar-refractivity contribution in [2.24, 2.45) is 5.41 Å². The van der Waals surface area contributed by atoms with Crippen LogP contribution in [0.1, 0.15) is 20.3 Å². The van der Waals surface area contributed by atoms with E-state index in [4.69, 9.17) is 9.05 Å². The molecule has 1 saturated heterocycles. The van der Waals surface area contributed by atoms with Gasteiger partial charge in [0, 0.05) is 12.0 Å². The molecule has 140 valence electrons. The maximum Gasteiger partial charge on any atom is 0.475 e. The molecule has 0 aromatic heterocycles. The molecule has 1 amide bonds. The Bertz CT molecular complexity index is 523. The summed E-state index contributed by atoms with van der Waals surface area (Å²) in [5.41, 5.74) is -0.967. The Labute approximate surface area is 136 Å². The molecule has 0 aromatic rings. The molecule has 0 bridgehead atoms. The number of ether oxygens (including phenoxy) is 1. The average molecular weight is 377 g/mol. The number of carbonyl (C=O) groups is 2. The smallest absolute Gasteiger partial charge is 0.469 e. The molecule has 1 rings (SSSR count). The second-order valence-corrected chi connectivity index (χ2v) is 7.32. The third-order valence-electron chi connectivity index (χ3n) is 3.02. The summed E-state index contributed by atoms with van der Waals surface area (Å²) in [6.45, 7) is 0.879. The van der Waals surface area contributed by atoms with Crippen LogP contribution in [0.3, 0.4) is 0 Å². The average Bonchev–Trinajstić information content (AvgIpc) is 2.47. The van der Waals surface area contributed by atoms with Crippen LogP contribution in [-0.2, 0) is 32.5 Å². The standard InChI is InChI=1S/C12H19F3NO7P/c1-11(2)6-21-24(19,22-7-12(13,14)15)23-9(11)10(18)16-5-4-8(17)20-3/h9H,4-7H2,1-3H3,(H,16,18)/t9-,24+/m0/s1. The molecular formula is C12H19F3NO7P. The molecular weight excluding hydrogens is 358 g/mol. The van der Waals surface area contributed by atoms with Gasteiger partial charge in [-0.15, -0.1) is 0 Å². The molecule has 0 radical (unpaired) electrons. The molecule has 0 spiro atoms. The van der Waals surface area contributed by atoms with E-state index in [9.17, 15) is 27.3 Å². The van der Waals surface area contributed by atoms with E-state index in [1.807, 2.05) is 0 Å². The van der Waals surface area contributed by atoms with Gasteiger partial charge in [-0.05, 0) is 0 Å². The quantitative estimate of drug-likeness (QED) is 0.556. The number of phosphoric acid groups is 1. The maximum atomic E-state index is 12.2. The number of amides is 1. The molecule has 2 atom stereocenters. The third kappa shape index (κ3) is 6.39. The van der Waals surface area contributed by atoms with Gasteiger partial charge in [-0.1, -0.05) is 13.8 Å². The molecule has 1 heterocycles. The van der Waals surface area contributed by atoms with E-state index >= 15 is 0 Å². The van der Waals surface area contributed by atoms with Gasteiger partial charge in [-0.25, -0.2) is 4.57 Å². The minimum absolute atomic E-state index is 0.0734. The first kappa shape index (κ1) is 20.9. The van der Waals surface area contributed by atoms with Crippen molar-refractivity contribution in [3.63, 3.8) is 0 Å². The van der Waals surface area contributed by atoms with E-state index in [0.29, 0.717) is 0 Å². The van der Waals surface area contributed by atoms with Crippen molar-refractivity contribution in [1.29, 1.82) is 0 Å². The number of rotatable bonds is 6. The highest BCUT2D eigenvalue weighted by Gasteiger charge is 2.50. The molecule has 0 aliphatic carbocycles. The van der Waals surface area contributed by atoms with E-state index < -0.39 is 44.0 Å². The molecule has 1 fully saturated rings. The first-order chi connectivity index (χ1) is 10.9. The van der Waals surface area contributed by atoms with Gasteiger partial charge in [0.25, 0.3) is 0 Å². The van der Waals surface area contributed by atoms with E-state index in [1.54, 1.807) is 13.8 Å².